The van der Waals surface area contributed by atoms with Crippen LogP contribution < -0.4 is 5.73 Å². The number of primary amides is 1. The van der Waals surface area contributed by atoms with Crippen LogP contribution in [0.3, 0.4) is 0 Å². The highest BCUT2D eigenvalue weighted by Crippen LogP contribution is 2.47. The molecule has 128 valence electrons. The molecule has 24 heavy (non-hydrogen) atoms. The number of rotatable bonds is 6. The average Bonchev–Trinajstić information content (AvgIpc) is 3.09. The highest BCUT2D eigenvalue weighted by molar-refractivity contribution is 7.89. The van der Waals surface area contributed by atoms with Gasteiger partial charge >= 0.3 is 0 Å². The molecule has 6 nitrogen and oxygen atoms in total. The lowest BCUT2D eigenvalue weighted by Crippen LogP contribution is -2.26. The second-order valence-electron chi connectivity index (χ2n) is 6.27. The summed E-state index contributed by atoms with van der Waals surface area (Å²) in [6, 6.07) is 9.32. The Labute approximate surface area is 141 Å². The molecule has 0 radical (unpaired) electrons. The Kier molecular flexibility index (Phi) is 4.23. The number of nitrogens with two attached hydrogens (primary N) is 1. The number of carbonyl (C=O) groups is 1. The first-order valence-corrected chi connectivity index (χ1v) is 9.18. The van der Waals surface area contributed by atoms with Crippen molar-refractivity contribution >= 4 is 15.9 Å². The molecule has 0 bridgehead atoms. The van der Waals surface area contributed by atoms with Crippen molar-refractivity contribution in [2.45, 2.75) is 30.7 Å². The Hall–Kier alpha value is -2.12. The minimum Gasteiger partial charge on any atom is -0.464 e. The van der Waals surface area contributed by atoms with Gasteiger partial charge in [0.2, 0.25) is 15.9 Å². The molecule has 0 aliphatic heterocycles. The summed E-state index contributed by atoms with van der Waals surface area (Å²) >= 11 is 0. The third kappa shape index (κ3) is 3.22. The SMILES string of the molecule is CC1CC1c1ccc(CN(C)S(=O)(=O)c2ccc(C(N)=O)cc2)o1. The van der Waals surface area contributed by atoms with E-state index in [0.717, 1.165) is 12.2 Å². The summed E-state index contributed by atoms with van der Waals surface area (Å²) in [7, 11) is -2.17. The highest BCUT2D eigenvalue weighted by Gasteiger charge is 2.36. The van der Waals surface area contributed by atoms with E-state index in [-0.39, 0.29) is 17.0 Å². The molecule has 2 aromatic rings. The van der Waals surface area contributed by atoms with Crippen LogP contribution in [0, 0.1) is 5.92 Å². The van der Waals surface area contributed by atoms with Crippen molar-refractivity contribution in [2.75, 3.05) is 7.05 Å². The molecule has 1 amide bonds. The van der Waals surface area contributed by atoms with Crippen LogP contribution in [0.15, 0.2) is 45.7 Å². The van der Waals surface area contributed by atoms with Crippen molar-refractivity contribution in [3.05, 3.63) is 53.5 Å². The molecule has 1 aliphatic carbocycles. The van der Waals surface area contributed by atoms with Gasteiger partial charge in [0.05, 0.1) is 11.4 Å². The summed E-state index contributed by atoms with van der Waals surface area (Å²) in [5, 5.41) is 0. The van der Waals surface area contributed by atoms with E-state index >= 15 is 0 Å². The zero-order chi connectivity index (χ0) is 17.5. The number of amides is 1. The van der Waals surface area contributed by atoms with E-state index in [1.165, 1.54) is 35.6 Å². The van der Waals surface area contributed by atoms with E-state index in [2.05, 4.69) is 6.92 Å². The molecule has 1 aliphatic rings. The summed E-state index contributed by atoms with van der Waals surface area (Å²) < 4.78 is 32.2. The lowest BCUT2D eigenvalue weighted by atomic mass is 10.2. The van der Waals surface area contributed by atoms with Crippen LogP contribution in [0.5, 0.6) is 0 Å². The molecule has 0 spiro atoms. The van der Waals surface area contributed by atoms with Gasteiger partial charge in [-0.25, -0.2) is 8.42 Å². The van der Waals surface area contributed by atoms with Crippen LogP contribution in [-0.4, -0.2) is 25.7 Å². The van der Waals surface area contributed by atoms with Crippen molar-refractivity contribution in [1.82, 2.24) is 4.31 Å². The molecule has 2 atom stereocenters. The Morgan fingerprint density at radius 3 is 2.42 bits per heavy atom. The number of carbonyl (C=O) groups excluding carboxylic acids is 1. The first-order valence-electron chi connectivity index (χ1n) is 7.74. The molecule has 1 fully saturated rings. The predicted octanol–water partition coefficient (Wildman–Crippen LogP) is 2.32. The Morgan fingerprint density at radius 1 is 1.25 bits per heavy atom. The number of furan rings is 1. The second-order valence-corrected chi connectivity index (χ2v) is 8.32. The van der Waals surface area contributed by atoms with Crippen molar-refractivity contribution in [1.29, 1.82) is 0 Å². The first-order chi connectivity index (χ1) is 11.3. The molecule has 1 aromatic carbocycles. The zero-order valence-corrected chi connectivity index (χ0v) is 14.4. The van der Waals surface area contributed by atoms with E-state index in [1.54, 1.807) is 0 Å². The Bertz CT molecular complexity index is 855. The Morgan fingerprint density at radius 2 is 1.88 bits per heavy atom. The fraction of sp³-hybridized carbons (Fsp3) is 0.353. The van der Waals surface area contributed by atoms with Crippen LogP contribution >= 0.6 is 0 Å². The van der Waals surface area contributed by atoms with Crippen LogP contribution in [0.2, 0.25) is 0 Å². The monoisotopic (exact) mass is 348 g/mol. The number of nitrogens with zero attached hydrogens (tertiary/aromatic N) is 1. The average molecular weight is 348 g/mol. The molecule has 0 saturated heterocycles. The summed E-state index contributed by atoms with van der Waals surface area (Å²) in [5.41, 5.74) is 5.43. The van der Waals surface area contributed by atoms with Crippen LogP contribution in [-0.2, 0) is 16.6 Å². The van der Waals surface area contributed by atoms with E-state index in [1.807, 2.05) is 12.1 Å². The molecule has 2 N–H and O–H groups in total. The van der Waals surface area contributed by atoms with Gasteiger partial charge in [0.1, 0.15) is 11.5 Å². The Balaban J connectivity index is 1.74. The van der Waals surface area contributed by atoms with Gasteiger partial charge < -0.3 is 10.2 Å². The molecule has 1 aromatic heterocycles. The maximum absolute atomic E-state index is 12.6. The second kappa shape index (κ2) is 6.07. The van der Waals surface area contributed by atoms with Gasteiger partial charge in [-0.2, -0.15) is 4.31 Å². The van der Waals surface area contributed by atoms with Gasteiger partial charge in [0.15, 0.2) is 0 Å². The number of hydrogen-bond donors (Lipinski definition) is 1. The molecular formula is C17H20N2O4S. The quantitative estimate of drug-likeness (QED) is 0.867. The summed E-state index contributed by atoms with van der Waals surface area (Å²) in [5.74, 6) is 2.04. The minimum atomic E-state index is -3.66. The highest BCUT2D eigenvalue weighted by atomic mass is 32.2. The first kappa shape index (κ1) is 16.7. The fourth-order valence-electron chi connectivity index (χ4n) is 2.67. The van der Waals surface area contributed by atoms with Gasteiger partial charge in [0.25, 0.3) is 0 Å². The van der Waals surface area contributed by atoms with Crippen LogP contribution in [0.25, 0.3) is 0 Å². The lowest BCUT2D eigenvalue weighted by Gasteiger charge is -2.16. The normalized spacial score (nSPS) is 20.3. The molecule has 3 rings (SSSR count). The molecular weight excluding hydrogens is 328 g/mol. The van der Waals surface area contributed by atoms with Gasteiger partial charge in [-0.3, -0.25) is 4.79 Å². The molecule has 1 heterocycles. The summed E-state index contributed by atoms with van der Waals surface area (Å²) in [4.78, 5) is 11.2. The van der Waals surface area contributed by atoms with Gasteiger partial charge in [-0.15, -0.1) is 0 Å². The van der Waals surface area contributed by atoms with E-state index in [4.69, 9.17) is 10.2 Å². The van der Waals surface area contributed by atoms with Crippen LogP contribution in [0.4, 0.5) is 0 Å². The number of benzene rings is 1. The molecule has 7 heteroatoms. The van der Waals surface area contributed by atoms with Crippen molar-refractivity contribution in [3.63, 3.8) is 0 Å². The van der Waals surface area contributed by atoms with Crippen molar-refractivity contribution in [2.24, 2.45) is 11.7 Å². The molecule has 2 unspecified atom stereocenters. The van der Waals surface area contributed by atoms with Gasteiger partial charge in [-0.1, -0.05) is 6.92 Å². The topological polar surface area (TPSA) is 93.6 Å². The number of sulfonamides is 1. The predicted molar refractivity (Wildman–Crippen MR) is 88.8 cm³/mol. The van der Waals surface area contributed by atoms with Crippen LogP contribution in [0.1, 0.15) is 41.1 Å². The van der Waals surface area contributed by atoms with Gasteiger partial charge in [-0.05, 0) is 48.7 Å². The van der Waals surface area contributed by atoms with E-state index < -0.39 is 15.9 Å². The van der Waals surface area contributed by atoms with E-state index in [0.29, 0.717) is 17.6 Å². The third-order valence-corrected chi connectivity index (χ3v) is 6.20. The van der Waals surface area contributed by atoms with Gasteiger partial charge in [0, 0.05) is 18.5 Å². The third-order valence-electron chi connectivity index (χ3n) is 4.38. The molecule has 1 saturated carbocycles. The minimum absolute atomic E-state index is 0.109. The smallest absolute Gasteiger partial charge is 0.248 e. The van der Waals surface area contributed by atoms with Crippen molar-refractivity contribution in [3.8, 4) is 0 Å². The summed E-state index contributed by atoms with van der Waals surface area (Å²) in [6.07, 6.45) is 1.12. The zero-order valence-electron chi connectivity index (χ0n) is 13.6. The van der Waals surface area contributed by atoms with Crippen molar-refractivity contribution < 1.29 is 17.6 Å². The largest absolute Gasteiger partial charge is 0.464 e. The maximum atomic E-state index is 12.6. The van der Waals surface area contributed by atoms with E-state index in [9.17, 15) is 13.2 Å². The standard InChI is InChI=1S/C17H20N2O4S/c1-11-9-15(11)16-8-5-13(23-16)10-19(2)24(21,22)14-6-3-12(4-7-14)17(18)20/h3-8,11,15H,9-10H2,1-2H3,(H2,18,20). The lowest BCUT2D eigenvalue weighted by molar-refractivity contribution is 0.1000. The fourth-order valence-corrected chi connectivity index (χ4v) is 3.81. The maximum Gasteiger partial charge on any atom is 0.248 e. The summed E-state index contributed by atoms with van der Waals surface area (Å²) in [6.45, 7) is 2.32. The number of hydrogen-bond acceptors (Lipinski definition) is 4.